The van der Waals surface area contributed by atoms with Crippen LogP contribution in [0.1, 0.15) is 50.8 Å². The Morgan fingerprint density at radius 3 is 2.62 bits per heavy atom. The Morgan fingerprint density at radius 1 is 1.19 bits per heavy atom. The summed E-state index contributed by atoms with van der Waals surface area (Å²) in [5.41, 5.74) is 4.88. The number of nitrogens with zero attached hydrogens (tertiary/aromatic N) is 2. The monoisotopic (exact) mass is 443 g/mol. The maximum Gasteiger partial charge on any atom is 0.290 e. The normalized spacial score (nSPS) is 15.4. The summed E-state index contributed by atoms with van der Waals surface area (Å²) in [6.45, 7) is 9.49. The zero-order valence-electron chi connectivity index (χ0n) is 19.7. The van der Waals surface area contributed by atoms with Crippen molar-refractivity contribution in [2.24, 2.45) is 5.92 Å². The minimum absolute atomic E-state index is 0.250. The van der Waals surface area contributed by atoms with E-state index in [0.29, 0.717) is 12.5 Å². The van der Waals surface area contributed by atoms with Crippen molar-refractivity contribution < 1.29 is 19.4 Å². The van der Waals surface area contributed by atoms with Gasteiger partial charge in [0.15, 0.2) is 11.5 Å². The van der Waals surface area contributed by atoms with E-state index in [1.807, 2.05) is 0 Å². The van der Waals surface area contributed by atoms with Gasteiger partial charge in [0.1, 0.15) is 0 Å². The fraction of sp³-hybridized carbons (Fsp3) is 0.600. The Bertz CT molecular complexity index is 895. The summed E-state index contributed by atoms with van der Waals surface area (Å²) in [7, 11) is 1.72. The molecule has 32 heavy (non-hydrogen) atoms. The Balaban J connectivity index is 0.000000913. The molecule has 0 radical (unpaired) electrons. The van der Waals surface area contributed by atoms with Crippen molar-refractivity contribution in [3.8, 4) is 11.5 Å². The molecule has 4 rings (SSSR count). The molecule has 2 heterocycles. The van der Waals surface area contributed by atoms with Crippen molar-refractivity contribution in [2.75, 3.05) is 45.2 Å². The number of nitrogens with one attached hydrogen (secondary N) is 1. The van der Waals surface area contributed by atoms with Gasteiger partial charge in [-0.25, -0.2) is 0 Å². The molecule has 1 aliphatic carbocycles. The minimum atomic E-state index is -0.250. The van der Waals surface area contributed by atoms with Crippen molar-refractivity contribution in [3.05, 3.63) is 23.4 Å². The van der Waals surface area contributed by atoms with Crippen molar-refractivity contribution in [2.45, 2.75) is 52.4 Å². The standard InChI is InChI=1S/C24H35N3O2.CH2O2/c1-17(2)16-25-24-18-8-6-9-20(18)26-21-15-23(22(28-3)14-19(21)24)29-13-7-12-27-10-4-5-11-27;2-1-3/h14-15,17H,4-13,16H2,1-3H3,(H,25,26);1H,(H,2,3). The van der Waals surface area contributed by atoms with Gasteiger partial charge in [0, 0.05) is 35.9 Å². The van der Waals surface area contributed by atoms with E-state index in [9.17, 15) is 0 Å². The average molecular weight is 444 g/mol. The van der Waals surface area contributed by atoms with E-state index >= 15 is 0 Å². The van der Waals surface area contributed by atoms with Crippen LogP contribution in [0, 0.1) is 5.92 Å². The second kappa shape index (κ2) is 11.9. The maximum atomic E-state index is 8.36. The predicted octanol–water partition coefficient (Wildman–Crippen LogP) is 4.37. The number of rotatable bonds is 9. The molecular formula is C25H37N3O4. The Kier molecular flexibility index (Phi) is 8.97. The number of carbonyl (C=O) groups is 1. The smallest absolute Gasteiger partial charge is 0.290 e. The molecule has 0 unspecified atom stereocenters. The van der Waals surface area contributed by atoms with Crippen LogP contribution in [0.5, 0.6) is 11.5 Å². The van der Waals surface area contributed by atoms with Crippen molar-refractivity contribution in [1.29, 1.82) is 0 Å². The summed E-state index contributed by atoms with van der Waals surface area (Å²) in [4.78, 5) is 15.9. The number of pyridine rings is 1. The molecule has 1 saturated heterocycles. The molecule has 0 bridgehead atoms. The maximum absolute atomic E-state index is 8.36. The Labute approximate surface area is 191 Å². The van der Waals surface area contributed by atoms with Gasteiger partial charge in [0.05, 0.1) is 19.2 Å². The molecule has 1 aromatic carbocycles. The van der Waals surface area contributed by atoms with Crippen LogP contribution < -0.4 is 14.8 Å². The predicted molar refractivity (Wildman–Crippen MR) is 128 cm³/mol. The van der Waals surface area contributed by atoms with Crippen LogP contribution in [0.15, 0.2) is 12.1 Å². The van der Waals surface area contributed by atoms with Gasteiger partial charge in [-0.1, -0.05) is 13.8 Å². The molecule has 1 aliphatic heterocycles. The molecule has 2 aromatic rings. The lowest BCUT2D eigenvalue weighted by Crippen LogP contribution is -2.21. The molecule has 7 heteroatoms. The van der Waals surface area contributed by atoms with Gasteiger partial charge in [0.25, 0.3) is 6.47 Å². The SMILES string of the molecule is COc1cc2c(NCC(C)C)c3c(nc2cc1OCCCN1CCCC1)CCC3.O=CO. The van der Waals surface area contributed by atoms with E-state index < -0.39 is 0 Å². The van der Waals surface area contributed by atoms with Gasteiger partial charge in [-0.3, -0.25) is 9.78 Å². The third-order valence-electron chi connectivity index (χ3n) is 6.06. The zero-order chi connectivity index (χ0) is 22.9. The lowest BCUT2D eigenvalue weighted by Gasteiger charge is -2.19. The van der Waals surface area contributed by atoms with Crippen LogP contribution in [0.2, 0.25) is 0 Å². The highest BCUT2D eigenvalue weighted by Gasteiger charge is 2.21. The van der Waals surface area contributed by atoms with Crippen LogP contribution in [-0.4, -0.2) is 61.4 Å². The van der Waals surface area contributed by atoms with Gasteiger partial charge in [-0.2, -0.15) is 0 Å². The number of fused-ring (bicyclic) bond motifs is 2. The number of aromatic nitrogens is 1. The molecule has 176 valence electrons. The second-order valence-corrected chi connectivity index (χ2v) is 8.92. The number of ether oxygens (including phenoxy) is 2. The first-order valence-corrected chi connectivity index (χ1v) is 11.8. The molecular weight excluding hydrogens is 406 g/mol. The van der Waals surface area contributed by atoms with Crippen molar-refractivity contribution in [1.82, 2.24) is 9.88 Å². The van der Waals surface area contributed by atoms with E-state index in [2.05, 4.69) is 36.2 Å². The largest absolute Gasteiger partial charge is 0.493 e. The molecule has 0 spiro atoms. The number of hydrogen-bond acceptors (Lipinski definition) is 6. The minimum Gasteiger partial charge on any atom is -0.493 e. The highest BCUT2D eigenvalue weighted by atomic mass is 16.5. The summed E-state index contributed by atoms with van der Waals surface area (Å²) in [5, 5.41) is 11.7. The van der Waals surface area contributed by atoms with E-state index in [-0.39, 0.29) is 6.47 Å². The molecule has 1 fully saturated rings. The number of hydrogen-bond donors (Lipinski definition) is 2. The topological polar surface area (TPSA) is 83.9 Å². The summed E-state index contributed by atoms with van der Waals surface area (Å²) < 4.78 is 11.8. The van der Waals surface area contributed by atoms with E-state index in [0.717, 1.165) is 54.8 Å². The molecule has 2 N–H and O–H groups in total. The highest BCUT2D eigenvalue weighted by molar-refractivity contribution is 5.96. The van der Waals surface area contributed by atoms with Crippen LogP contribution >= 0.6 is 0 Å². The third-order valence-corrected chi connectivity index (χ3v) is 6.06. The summed E-state index contributed by atoms with van der Waals surface area (Å²) in [5.74, 6) is 2.20. The first-order chi connectivity index (χ1) is 15.6. The van der Waals surface area contributed by atoms with Gasteiger partial charge >= 0.3 is 0 Å². The third kappa shape index (κ3) is 6.03. The molecule has 0 saturated carbocycles. The quantitative estimate of drug-likeness (QED) is 0.440. The summed E-state index contributed by atoms with van der Waals surface area (Å²) >= 11 is 0. The first kappa shape index (κ1) is 24.1. The molecule has 7 nitrogen and oxygen atoms in total. The number of likely N-dealkylation sites (tertiary alicyclic amines) is 1. The summed E-state index contributed by atoms with van der Waals surface area (Å²) in [6.07, 6.45) is 7.08. The number of methoxy groups -OCH3 is 1. The fourth-order valence-corrected chi connectivity index (χ4v) is 4.53. The first-order valence-electron chi connectivity index (χ1n) is 11.8. The average Bonchev–Trinajstić information content (AvgIpc) is 3.46. The highest BCUT2D eigenvalue weighted by Crippen LogP contribution is 2.39. The lowest BCUT2D eigenvalue weighted by atomic mass is 10.1. The van der Waals surface area contributed by atoms with Crippen molar-refractivity contribution >= 4 is 23.1 Å². The number of benzene rings is 1. The molecule has 2 aliphatic rings. The Hall–Kier alpha value is -2.54. The van der Waals surface area contributed by atoms with Crippen molar-refractivity contribution in [3.63, 3.8) is 0 Å². The van der Waals surface area contributed by atoms with E-state index in [1.54, 1.807) is 7.11 Å². The zero-order valence-corrected chi connectivity index (χ0v) is 19.7. The summed E-state index contributed by atoms with van der Waals surface area (Å²) in [6, 6.07) is 4.18. The van der Waals surface area contributed by atoms with Gasteiger partial charge in [-0.15, -0.1) is 0 Å². The Morgan fingerprint density at radius 2 is 1.94 bits per heavy atom. The van der Waals surface area contributed by atoms with E-state index in [1.165, 1.54) is 49.3 Å². The van der Waals surface area contributed by atoms with Gasteiger partial charge in [-0.05, 0) is 69.2 Å². The second-order valence-electron chi connectivity index (χ2n) is 8.92. The molecule has 0 atom stereocenters. The fourth-order valence-electron chi connectivity index (χ4n) is 4.53. The molecule has 0 amide bonds. The van der Waals surface area contributed by atoms with Crippen LogP contribution in [-0.2, 0) is 17.6 Å². The van der Waals surface area contributed by atoms with Crippen LogP contribution in [0.3, 0.4) is 0 Å². The number of carboxylic acid groups (broad SMARTS) is 1. The lowest BCUT2D eigenvalue weighted by molar-refractivity contribution is -0.122. The number of anilines is 1. The van der Waals surface area contributed by atoms with Gasteiger partial charge in [0.2, 0.25) is 0 Å². The van der Waals surface area contributed by atoms with Crippen LogP contribution in [0.25, 0.3) is 10.9 Å². The number of aryl methyl sites for hydroxylation is 1. The van der Waals surface area contributed by atoms with E-state index in [4.69, 9.17) is 24.4 Å². The molecule has 1 aromatic heterocycles. The van der Waals surface area contributed by atoms with Gasteiger partial charge < -0.3 is 24.8 Å². The van der Waals surface area contributed by atoms with Crippen LogP contribution in [0.4, 0.5) is 5.69 Å².